The quantitative estimate of drug-likeness (QED) is 0.664. The third-order valence-electron chi connectivity index (χ3n) is 5.70. The molecule has 8 nitrogen and oxygen atoms in total. The van der Waals surface area contributed by atoms with Crippen LogP contribution in [0.25, 0.3) is 11.3 Å². The van der Waals surface area contributed by atoms with Crippen molar-refractivity contribution in [1.29, 1.82) is 0 Å². The fraction of sp³-hybridized carbons (Fsp3) is 0.381. The highest BCUT2D eigenvalue weighted by Crippen LogP contribution is 2.30. The van der Waals surface area contributed by atoms with Gasteiger partial charge in [0.15, 0.2) is 0 Å². The van der Waals surface area contributed by atoms with Crippen LogP contribution in [0, 0.1) is 5.92 Å². The topological polar surface area (TPSA) is 80.0 Å². The molecule has 2 aliphatic rings. The van der Waals surface area contributed by atoms with Gasteiger partial charge in [0.25, 0.3) is 5.56 Å². The summed E-state index contributed by atoms with van der Waals surface area (Å²) in [7, 11) is 2.13. The highest BCUT2D eigenvalue weighted by Gasteiger charge is 2.32. The first-order valence-corrected chi connectivity index (χ1v) is 9.92. The molecule has 5 heterocycles. The van der Waals surface area contributed by atoms with E-state index in [2.05, 4.69) is 36.9 Å². The second-order valence-corrected chi connectivity index (χ2v) is 7.86. The molecule has 29 heavy (non-hydrogen) atoms. The minimum atomic E-state index is -0.0673. The molecule has 5 rings (SSSR count). The van der Waals surface area contributed by atoms with Gasteiger partial charge in [-0.15, -0.1) is 0 Å². The molecule has 0 amide bonds. The molecule has 1 saturated heterocycles. The highest BCUT2D eigenvalue weighted by molar-refractivity contribution is 5.57. The molecule has 0 unspecified atom stereocenters. The Morgan fingerprint density at radius 1 is 1.10 bits per heavy atom. The van der Waals surface area contributed by atoms with Gasteiger partial charge in [0.1, 0.15) is 12.1 Å². The van der Waals surface area contributed by atoms with Crippen molar-refractivity contribution < 1.29 is 0 Å². The zero-order valence-corrected chi connectivity index (χ0v) is 16.4. The zero-order valence-electron chi connectivity index (χ0n) is 16.4. The predicted molar refractivity (Wildman–Crippen MR) is 110 cm³/mol. The summed E-state index contributed by atoms with van der Waals surface area (Å²) >= 11 is 0. The average Bonchev–Trinajstić information content (AvgIpc) is 2.72. The van der Waals surface area contributed by atoms with Crippen LogP contribution < -0.4 is 10.5 Å². The van der Waals surface area contributed by atoms with E-state index in [1.807, 2.05) is 12.1 Å². The van der Waals surface area contributed by atoms with Crippen LogP contribution in [0.4, 0.5) is 5.82 Å². The summed E-state index contributed by atoms with van der Waals surface area (Å²) in [6, 6.07) is 7.16. The number of aromatic nitrogens is 5. The van der Waals surface area contributed by atoms with Crippen molar-refractivity contribution in [2.75, 3.05) is 31.6 Å². The number of nitrogens with zero attached hydrogens (tertiary/aromatic N) is 7. The number of pyridine rings is 1. The first-order chi connectivity index (χ1) is 14.2. The zero-order chi connectivity index (χ0) is 19.8. The number of likely N-dealkylation sites (N-methyl/N-ethyl adjacent to an activating group) is 1. The lowest BCUT2D eigenvalue weighted by atomic mass is 9.98. The Balaban J connectivity index is 1.30. The van der Waals surface area contributed by atoms with Gasteiger partial charge in [0.2, 0.25) is 0 Å². The van der Waals surface area contributed by atoms with Crippen LogP contribution in [0.2, 0.25) is 0 Å². The van der Waals surface area contributed by atoms with Crippen LogP contribution in [0.1, 0.15) is 11.3 Å². The minimum absolute atomic E-state index is 0.0673. The van der Waals surface area contributed by atoms with Crippen molar-refractivity contribution in [1.82, 2.24) is 29.6 Å². The van der Waals surface area contributed by atoms with Crippen molar-refractivity contribution in [3.8, 4) is 11.3 Å². The van der Waals surface area contributed by atoms with Gasteiger partial charge in [-0.2, -0.15) is 5.10 Å². The van der Waals surface area contributed by atoms with Crippen molar-refractivity contribution in [3.05, 3.63) is 64.6 Å². The van der Waals surface area contributed by atoms with Crippen molar-refractivity contribution >= 4 is 5.82 Å². The molecular formula is C21H23N7O. The molecule has 3 aromatic rings. The first-order valence-electron chi connectivity index (χ1n) is 9.92. The van der Waals surface area contributed by atoms with Crippen molar-refractivity contribution in [3.63, 3.8) is 0 Å². The van der Waals surface area contributed by atoms with Crippen LogP contribution >= 0.6 is 0 Å². The number of hydrogen-bond acceptors (Lipinski definition) is 7. The maximum Gasteiger partial charge on any atom is 0.266 e. The standard InChI is InChI=1S/C21H23N7O/c1-26-9-6-19-17(13-26)21(24-14-23-19)27-10-15(11-27)12-28-20(29)3-2-18(25-28)16-4-7-22-8-5-16/h2-5,7-8,14-15H,6,9-13H2,1H3. The summed E-state index contributed by atoms with van der Waals surface area (Å²) < 4.78 is 1.58. The largest absolute Gasteiger partial charge is 0.355 e. The van der Waals surface area contributed by atoms with Gasteiger partial charge in [-0.05, 0) is 25.2 Å². The van der Waals surface area contributed by atoms with Gasteiger partial charge in [-0.3, -0.25) is 9.78 Å². The Morgan fingerprint density at radius 3 is 2.76 bits per heavy atom. The smallest absolute Gasteiger partial charge is 0.266 e. The van der Waals surface area contributed by atoms with Gasteiger partial charge in [-0.25, -0.2) is 14.6 Å². The Labute approximate surface area is 168 Å². The van der Waals surface area contributed by atoms with Crippen molar-refractivity contribution in [2.24, 2.45) is 5.92 Å². The summed E-state index contributed by atoms with van der Waals surface area (Å²) in [5.41, 5.74) is 4.09. The number of rotatable bonds is 4. The van der Waals surface area contributed by atoms with E-state index in [4.69, 9.17) is 0 Å². The van der Waals surface area contributed by atoms with E-state index in [1.54, 1.807) is 35.5 Å². The SMILES string of the molecule is CN1CCc2ncnc(N3CC(Cn4nc(-c5ccncc5)ccc4=O)C3)c2C1. The van der Waals surface area contributed by atoms with E-state index >= 15 is 0 Å². The lowest BCUT2D eigenvalue weighted by molar-refractivity contribution is 0.303. The minimum Gasteiger partial charge on any atom is -0.355 e. The van der Waals surface area contributed by atoms with Gasteiger partial charge < -0.3 is 9.80 Å². The summed E-state index contributed by atoms with van der Waals surface area (Å²) in [5.74, 6) is 1.42. The second kappa shape index (κ2) is 7.36. The first kappa shape index (κ1) is 17.9. The third-order valence-corrected chi connectivity index (χ3v) is 5.70. The summed E-state index contributed by atoms with van der Waals surface area (Å²) in [5, 5.41) is 4.57. The Kier molecular flexibility index (Phi) is 4.55. The molecule has 0 radical (unpaired) electrons. The second-order valence-electron chi connectivity index (χ2n) is 7.86. The lowest BCUT2D eigenvalue weighted by Gasteiger charge is -2.42. The summed E-state index contributed by atoms with van der Waals surface area (Å²) in [6.45, 7) is 4.29. The molecule has 3 aromatic heterocycles. The molecule has 0 aliphatic carbocycles. The molecule has 0 spiro atoms. The molecule has 0 bridgehead atoms. The lowest BCUT2D eigenvalue weighted by Crippen LogP contribution is -2.50. The predicted octanol–water partition coefficient (Wildman–Crippen LogP) is 1.22. The molecule has 0 N–H and O–H groups in total. The normalized spacial score (nSPS) is 17.1. The molecule has 0 saturated carbocycles. The fourth-order valence-electron chi connectivity index (χ4n) is 4.09. The van der Waals surface area contributed by atoms with E-state index < -0.39 is 0 Å². The third kappa shape index (κ3) is 3.51. The van der Waals surface area contributed by atoms with Crippen LogP contribution in [0.3, 0.4) is 0 Å². The average molecular weight is 389 g/mol. The molecule has 0 atom stereocenters. The maximum absolute atomic E-state index is 12.3. The Morgan fingerprint density at radius 2 is 1.93 bits per heavy atom. The van der Waals surface area contributed by atoms with E-state index in [0.29, 0.717) is 12.5 Å². The van der Waals surface area contributed by atoms with Crippen LogP contribution in [0.15, 0.2) is 47.8 Å². The number of hydrogen-bond donors (Lipinski definition) is 0. The Bertz CT molecular complexity index is 1080. The molecule has 1 fully saturated rings. The van der Waals surface area contributed by atoms with E-state index in [9.17, 15) is 4.79 Å². The van der Waals surface area contributed by atoms with E-state index in [1.165, 1.54) is 11.3 Å². The molecule has 2 aliphatic heterocycles. The van der Waals surface area contributed by atoms with Gasteiger partial charge in [0, 0.05) is 68.1 Å². The van der Waals surface area contributed by atoms with Crippen LogP contribution in [0.5, 0.6) is 0 Å². The fourth-order valence-corrected chi connectivity index (χ4v) is 4.09. The van der Waals surface area contributed by atoms with Crippen LogP contribution in [-0.4, -0.2) is 56.3 Å². The summed E-state index contributed by atoms with van der Waals surface area (Å²) in [4.78, 5) is 30.0. The summed E-state index contributed by atoms with van der Waals surface area (Å²) in [6.07, 6.45) is 6.11. The Hall–Kier alpha value is -3.13. The van der Waals surface area contributed by atoms with Crippen molar-refractivity contribution in [2.45, 2.75) is 19.5 Å². The monoisotopic (exact) mass is 389 g/mol. The molecular weight excluding hydrogens is 366 g/mol. The number of anilines is 1. The maximum atomic E-state index is 12.3. The highest BCUT2D eigenvalue weighted by atomic mass is 16.1. The van der Waals surface area contributed by atoms with E-state index in [0.717, 1.165) is 49.7 Å². The van der Waals surface area contributed by atoms with Gasteiger partial charge in [-0.1, -0.05) is 0 Å². The molecule has 8 heteroatoms. The van der Waals surface area contributed by atoms with Gasteiger partial charge in [0.05, 0.1) is 17.9 Å². The molecule has 0 aromatic carbocycles. The molecule has 148 valence electrons. The van der Waals surface area contributed by atoms with Crippen LogP contribution in [-0.2, 0) is 19.5 Å². The van der Waals surface area contributed by atoms with E-state index in [-0.39, 0.29) is 5.56 Å². The van der Waals surface area contributed by atoms with Gasteiger partial charge >= 0.3 is 0 Å². The number of fused-ring (bicyclic) bond motifs is 1.